The number of anilines is 2. The number of hydrogen-bond acceptors (Lipinski definition) is 4. The number of aromatic nitrogens is 2. The summed E-state index contributed by atoms with van der Waals surface area (Å²) in [6.45, 7) is 2.73. The van der Waals surface area contributed by atoms with E-state index in [1.165, 1.54) is 18.5 Å². The first kappa shape index (κ1) is 14.9. The van der Waals surface area contributed by atoms with Gasteiger partial charge in [0.25, 0.3) is 5.91 Å². The van der Waals surface area contributed by atoms with Crippen molar-refractivity contribution in [2.24, 2.45) is 5.92 Å². The summed E-state index contributed by atoms with van der Waals surface area (Å²) in [5.74, 6) is 1.31. The SMILES string of the molecule is O=C(c1cncnc1C1CC1)N1CCN(CC2CC2)c2ccccc21. The van der Waals surface area contributed by atoms with E-state index in [1.807, 2.05) is 11.0 Å². The van der Waals surface area contributed by atoms with Crippen molar-refractivity contribution in [2.75, 3.05) is 29.4 Å². The van der Waals surface area contributed by atoms with E-state index in [4.69, 9.17) is 0 Å². The van der Waals surface area contributed by atoms with Gasteiger partial charge in [-0.05, 0) is 43.7 Å². The number of rotatable bonds is 4. The third-order valence-electron chi connectivity index (χ3n) is 5.46. The highest BCUT2D eigenvalue weighted by Gasteiger charge is 2.34. The summed E-state index contributed by atoms with van der Waals surface area (Å²) in [5, 5.41) is 0. The maximum atomic E-state index is 13.3. The summed E-state index contributed by atoms with van der Waals surface area (Å²) in [7, 11) is 0. The lowest BCUT2D eigenvalue weighted by molar-refractivity contribution is 0.0984. The van der Waals surface area contributed by atoms with E-state index >= 15 is 0 Å². The van der Waals surface area contributed by atoms with Gasteiger partial charge in [-0.25, -0.2) is 9.97 Å². The van der Waals surface area contributed by atoms with Crippen molar-refractivity contribution in [3.63, 3.8) is 0 Å². The van der Waals surface area contributed by atoms with E-state index < -0.39 is 0 Å². The molecule has 5 nitrogen and oxygen atoms in total. The van der Waals surface area contributed by atoms with Gasteiger partial charge in [-0.1, -0.05) is 12.1 Å². The lowest BCUT2D eigenvalue weighted by Crippen LogP contribution is -2.45. The fourth-order valence-electron chi connectivity index (χ4n) is 3.77. The lowest BCUT2D eigenvalue weighted by Gasteiger charge is -2.38. The molecule has 1 amide bonds. The Morgan fingerprint density at radius 2 is 1.88 bits per heavy atom. The van der Waals surface area contributed by atoms with Crippen LogP contribution in [0.3, 0.4) is 0 Å². The van der Waals surface area contributed by atoms with Crippen LogP contribution in [0.5, 0.6) is 0 Å². The molecule has 5 rings (SSSR count). The molecule has 0 radical (unpaired) electrons. The van der Waals surface area contributed by atoms with E-state index in [-0.39, 0.29) is 5.91 Å². The quantitative estimate of drug-likeness (QED) is 0.861. The Morgan fingerprint density at radius 1 is 1.08 bits per heavy atom. The average Bonchev–Trinajstić information content (AvgIpc) is 3.56. The molecule has 5 heteroatoms. The highest BCUT2D eigenvalue weighted by molar-refractivity contribution is 6.09. The van der Waals surface area contributed by atoms with Gasteiger partial charge in [-0.15, -0.1) is 0 Å². The zero-order chi connectivity index (χ0) is 16.8. The van der Waals surface area contributed by atoms with Gasteiger partial charge in [0, 0.05) is 31.7 Å². The van der Waals surface area contributed by atoms with Crippen LogP contribution < -0.4 is 9.80 Å². The molecule has 0 spiro atoms. The van der Waals surface area contributed by atoms with Crippen LogP contribution in [0.2, 0.25) is 0 Å². The minimum absolute atomic E-state index is 0.0426. The number of para-hydroxylation sites is 2. The van der Waals surface area contributed by atoms with Crippen molar-refractivity contribution in [3.05, 3.63) is 48.0 Å². The molecule has 1 aromatic heterocycles. The highest BCUT2D eigenvalue weighted by atomic mass is 16.2. The molecule has 2 aromatic rings. The molecule has 1 aromatic carbocycles. The van der Waals surface area contributed by atoms with Crippen molar-refractivity contribution < 1.29 is 4.79 Å². The molecule has 3 aliphatic rings. The van der Waals surface area contributed by atoms with Crippen molar-refractivity contribution in [3.8, 4) is 0 Å². The first-order valence-electron chi connectivity index (χ1n) is 9.27. The molecule has 2 fully saturated rings. The summed E-state index contributed by atoms with van der Waals surface area (Å²) in [4.78, 5) is 26.2. The van der Waals surface area contributed by atoms with Gasteiger partial charge >= 0.3 is 0 Å². The molecule has 2 saturated carbocycles. The van der Waals surface area contributed by atoms with E-state index in [9.17, 15) is 4.79 Å². The molecular weight excluding hydrogens is 312 g/mol. The van der Waals surface area contributed by atoms with Crippen LogP contribution >= 0.6 is 0 Å². The maximum absolute atomic E-state index is 13.3. The number of carbonyl (C=O) groups is 1. The molecule has 128 valence electrons. The summed E-state index contributed by atoms with van der Waals surface area (Å²) >= 11 is 0. The average molecular weight is 334 g/mol. The van der Waals surface area contributed by atoms with Gasteiger partial charge in [0.2, 0.25) is 0 Å². The number of amides is 1. The fourth-order valence-corrected chi connectivity index (χ4v) is 3.77. The first-order chi connectivity index (χ1) is 12.3. The van der Waals surface area contributed by atoms with Crippen molar-refractivity contribution in [2.45, 2.75) is 31.6 Å². The fraction of sp³-hybridized carbons (Fsp3) is 0.450. The molecular formula is C20H22N4O. The normalized spacial score (nSPS) is 19.7. The zero-order valence-electron chi connectivity index (χ0n) is 14.3. The number of carbonyl (C=O) groups excluding carboxylic acids is 1. The Bertz CT molecular complexity index is 813. The van der Waals surface area contributed by atoms with Gasteiger partial charge in [-0.2, -0.15) is 0 Å². The largest absolute Gasteiger partial charge is 0.368 e. The van der Waals surface area contributed by atoms with Crippen molar-refractivity contribution in [1.82, 2.24) is 9.97 Å². The predicted molar refractivity (Wildman–Crippen MR) is 97.1 cm³/mol. The molecule has 0 atom stereocenters. The molecule has 25 heavy (non-hydrogen) atoms. The minimum Gasteiger partial charge on any atom is -0.368 e. The third-order valence-corrected chi connectivity index (χ3v) is 5.46. The van der Waals surface area contributed by atoms with Crippen LogP contribution in [0.4, 0.5) is 11.4 Å². The standard InChI is InChI=1S/C20H22N4O/c25-20(16-11-21-13-22-19(16)15-7-8-15)24-10-9-23(12-14-5-6-14)17-3-1-2-4-18(17)24/h1-4,11,13-15H,5-10,12H2. The van der Waals surface area contributed by atoms with Gasteiger partial charge < -0.3 is 9.80 Å². The van der Waals surface area contributed by atoms with E-state index in [0.717, 1.165) is 49.8 Å². The second kappa shape index (κ2) is 5.83. The van der Waals surface area contributed by atoms with Crippen LogP contribution in [-0.4, -0.2) is 35.5 Å². The second-order valence-electron chi connectivity index (χ2n) is 7.43. The van der Waals surface area contributed by atoms with Crippen molar-refractivity contribution in [1.29, 1.82) is 0 Å². The molecule has 2 heterocycles. The smallest absolute Gasteiger partial charge is 0.261 e. The monoisotopic (exact) mass is 334 g/mol. The highest BCUT2D eigenvalue weighted by Crippen LogP contribution is 2.42. The molecule has 1 aliphatic heterocycles. The Kier molecular flexibility index (Phi) is 3.47. The summed E-state index contributed by atoms with van der Waals surface area (Å²) < 4.78 is 0. The number of nitrogens with zero attached hydrogens (tertiary/aromatic N) is 4. The maximum Gasteiger partial charge on any atom is 0.261 e. The number of hydrogen-bond donors (Lipinski definition) is 0. The van der Waals surface area contributed by atoms with Crippen LogP contribution in [0, 0.1) is 5.92 Å². The van der Waals surface area contributed by atoms with Crippen molar-refractivity contribution >= 4 is 17.3 Å². The van der Waals surface area contributed by atoms with Crippen LogP contribution in [0.1, 0.15) is 47.7 Å². The Hall–Kier alpha value is -2.43. The van der Waals surface area contributed by atoms with Gasteiger partial charge in [0.1, 0.15) is 6.33 Å². The first-order valence-corrected chi connectivity index (χ1v) is 9.27. The lowest BCUT2D eigenvalue weighted by atomic mass is 10.1. The number of fused-ring (bicyclic) bond motifs is 1. The van der Waals surface area contributed by atoms with E-state index in [2.05, 4.69) is 33.1 Å². The van der Waals surface area contributed by atoms with Gasteiger partial charge in [0.15, 0.2) is 0 Å². The van der Waals surface area contributed by atoms with Crippen LogP contribution in [0.25, 0.3) is 0 Å². The third kappa shape index (κ3) is 2.77. The van der Waals surface area contributed by atoms with Gasteiger partial charge in [-0.3, -0.25) is 4.79 Å². The Balaban J connectivity index is 1.48. The Morgan fingerprint density at radius 3 is 2.64 bits per heavy atom. The van der Waals surface area contributed by atoms with Crippen LogP contribution in [0.15, 0.2) is 36.8 Å². The summed E-state index contributed by atoms with van der Waals surface area (Å²) in [6, 6.07) is 8.28. The molecule has 0 unspecified atom stereocenters. The molecule has 2 aliphatic carbocycles. The minimum atomic E-state index is 0.0426. The molecule has 0 saturated heterocycles. The van der Waals surface area contributed by atoms with Gasteiger partial charge in [0.05, 0.1) is 22.6 Å². The Labute approximate surface area is 147 Å². The second-order valence-corrected chi connectivity index (χ2v) is 7.43. The van der Waals surface area contributed by atoms with Crippen LogP contribution in [-0.2, 0) is 0 Å². The number of benzene rings is 1. The summed E-state index contributed by atoms with van der Waals surface area (Å²) in [5.41, 5.74) is 3.80. The molecule has 0 bridgehead atoms. The zero-order valence-corrected chi connectivity index (χ0v) is 14.3. The summed E-state index contributed by atoms with van der Waals surface area (Å²) in [6.07, 6.45) is 8.20. The topological polar surface area (TPSA) is 49.3 Å². The van der Waals surface area contributed by atoms with E-state index in [1.54, 1.807) is 12.5 Å². The van der Waals surface area contributed by atoms with E-state index in [0.29, 0.717) is 11.5 Å². The molecule has 0 N–H and O–H groups in total. The predicted octanol–water partition coefficient (Wildman–Crippen LogP) is 3.23.